The van der Waals surface area contributed by atoms with Crippen molar-refractivity contribution in [3.63, 3.8) is 0 Å². The summed E-state index contributed by atoms with van der Waals surface area (Å²) in [5, 5.41) is 16.2. The molecular weight excluding hydrogens is 335 g/mol. The summed E-state index contributed by atoms with van der Waals surface area (Å²) in [5.74, 6) is -0.908. The zero-order valence-electron chi connectivity index (χ0n) is 14.7. The second-order valence-corrected chi connectivity index (χ2v) is 6.44. The van der Waals surface area contributed by atoms with Crippen molar-refractivity contribution >= 4 is 17.5 Å². The minimum Gasteiger partial charge on any atom is -0.386 e. The van der Waals surface area contributed by atoms with Gasteiger partial charge in [-0.1, -0.05) is 25.1 Å². The summed E-state index contributed by atoms with van der Waals surface area (Å²) >= 11 is 0. The number of halogens is 1. The minimum atomic E-state index is -1.03. The zero-order chi connectivity index (χ0) is 18.8. The molecule has 1 aliphatic rings. The van der Waals surface area contributed by atoms with Gasteiger partial charge >= 0.3 is 0 Å². The molecule has 136 valence electrons. The van der Waals surface area contributed by atoms with Gasteiger partial charge in [-0.3, -0.25) is 9.59 Å². The largest absolute Gasteiger partial charge is 0.386 e. The third-order valence-corrected chi connectivity index (χ3v) is 4.80. The van der Waals surface area contributed by atoms with E-state index in [9.17, 15) is 19.1 Å². The third-order valence-electron chi connectivity index (χ3n) is 4.80. The maximum absolute atomic E-state index is 13.8. The molecule has 0 saturated carbocycles. The van der Waals surface area contributed by atoms with Crippen LogP contribution >= 0.6 is 0 Å². The number of amides is 2. The van der Waals surface area contributed by atoms with Gasteiger partial charge in [0.05, 0.1) is 18.6 Å². The molecule has 26 heavy (non-hydrogen) atoms. The highest BCUT2D eigenvalue weighted by Gasteiger charge is 2.27. The average molecular weight is 356 g/mol. The van der Waals surface area contributed by atoms with Crippen LogP contribution < -0.4 is 10.6 Å². The molecule has 1 aliphatic heterocycles. The number of hydrogen-bond acceptors (Lipinski definition) is 3. The number of carbonyl (C=O) groups excluding carboxylic acids is 2. The van der Waals surface area contributed by atoms with Crippen LogP contribution in [-0.2, 0) is 11.2 Å². The summed E-state index contributed by atoms with van der Waals surface area (Å²) in [6.07, 6.45) is -0.410. The van der Waals surface area contributed by atoms with Crippen molar-refractivity contribution in [3.8, 4) is 0 Å². The lowest BCUT2D eigenvalue weighted by atomic mass is 9.95. The van der Waals surface area contributed by atoms with Gasteiger partial charge in [0.2, 0.25) is 5.91 Å². The number of anilines is 1. The Morgan fingerprint density at radius 3 is 2.77 bits per heavy atom. The van der Waals surface area contributed by atoms with Gasteiger partial charge in [-0.15, -0.1) is 0 Å². The predicted molar refractivity (Wildman–Crippen MR) is 96.4 cm³/mol. The Bertz CT molecular complexity index is 866. The fourth-order valence-electron chi connectivity index (χ4n) is 3.27. The van der Waals surface area contributed by atoms with Crippen LogP contribution in [0.1, 0.15) is 46.5 Å². The normalized spacial score (nSPS) is 15.2. The van der Waals surface area contributed by atoms with Gasteiger partial charge in [0.1, 0.15) is 5.82 Å². The second-order valence-electron chi connectivity index (χ2n) is 6.44. The Kier molecular flexibility index (Phi) is 5.04. The molecule has 0 radical (unpaired) electrons. The summed E-state index contributed by atoms with van der Waals surface area (Å²) in [6, 6.07) is 9.05. The number of carbonyl (C=O) groups is 2. The Balaban J connectivity index is 1.83. The average Bonchev–Trinajstić information content (AvgIpc) is 3.01. The van der Waals surface area contributed by atoms with E-state index in [1.165, 1.54) is 12.1 Å². The Morgan fingerprint density at radius 1 is 1.31 bits per heavy atom. The number of aliphatic hydroxyl groups is 1. The molecule has 2 aromatic carbocycles. The molecular formula is C20H21FN2O3. The number of benzene rings is 2. The van der Waals surface area contributed by atoms with Crippen LogP contribution in [0, 0.1) is 12.7 Å². The van der Waals surface area contributed by atoms with Crippen molar-refractivity contribution in [2.75, 3.05) is 5.32 Å². The van der Waals surface area contributed by atoms with Crippen LogP contribution in [-0.4, -0.2) is 23.0 Å². The lowest BCUT2D eigenvalue weighted by molar-refractivity contribution is -0.115. The fourth-order valence-corrected chi connectivity index (χ4v) is 3.27. The molecule has 1 heterocycles. The number of nitrogens with one attached hydrogen (secondary N) is 2. The summed E-state index contributed by atoms with van der Waals surface area (Å²) in [5.41, 5.74) is 2.51. The second kappa shape index (κ2) is 7.25. The van der Waals surface area contributed by atoms with Gasteiger partial charge in [-0.05, 0) is 48.2 Å². The maximum Gasteiger partial charge on any atom is 0.251 e. The lowest BCUT2D eigenvalue weighted by Crippen LogP contribution is -2.39. The Morgan fingerprint density at radius 2 is 2.04 bits per heavy atom. The van der Waals surface area contributed by atoms with Crippen LogP contribution in [0.4, 0.5) is 10.1 Å². The molecule has 0 fully saturated rings. The third kappa shape index (κ3) is 3.32. The van der Waals surface area contributed by atoms with E-state index in [1.54, 1.807) is 31.2 Å². The summed E-state index contributed by atoms with van der Waals surface area (Å²) in [4.78, 5) is 24.3. The highest BCUT2D eigenvalue weighted by molar-refractivity contribution is 6.05. The molecule has 2 amide bonds. The standard InChI is InChI=1S/C20H21FN2O3/c1-3-16(19(25)12-6-4-8-15(21)11(12)2)23-20(26)13-7-5-9-17-14(13)10-18(24)22-17/h4-9,16,19,25H,3,10H2,1-2H3,(H,22,24)(H,23,26)/t16-,19+/m1/s1. The molecule has 2 atom stereocenters. The van der Waals surface area contributed by atoms with Crippen molar-refractivity contribution in [1.82, 2.24) is 5.32 Å². The smallest absolute Gasteiger partial charge is 0.251 e. The molecule has 0 bridgehead atoms. The van der Waals surface area contributed by atoms with Crippen molar-refractivity contribution in [1.29, 1.82) is 0 Å². The first kappa shape index (κ1) is 18.1. The monoisotopic (exact) mass is 356 g/mol. The van der Waals surface area contributed by atoms with Crippen molar-refractivity contribution in [2.24, 2.45) is 0 Å². The topological polar surface area (TPSA) is 78.4 Å². The molecule has 2 aromatic rings. The molecule has 0 saturated heterocycles. The highest BCUT2D eigenvalue weighted by Crippen LogP contribution is 2.28. The van der Waals surface area contributed by atoms with E-state index in [4.69, 9.17) is 0 Å². The van der Waals surface area contributed by atoms with Gasteiger partial charge in [0, 0.05) is 11.3 Å². The zero-order valence-corrected chi connectivity index (χ0v) is 14.7. The lowest BCUT2D eigenvalue weighted by Gasteiger charge is -2.25. The number of rotatable bonds is 5. The maximum atomic E-state index is 13.8. The van der Waals surface area contributed by atoms with Crippen LogP contribution in [0.15, 0.2) is 36.4 Å². The molecule has 0 aromatic heterocycles. The summed E-state index contributed by atoms with van der Waals surface area (Å²) in [6.45, 7) is 3.44. The van der Waals surface area contributed by atoms with Crippen LogP contribution in [0.5, 0.6) is 0 Å². The van der Waals surface area contributed by atoms with Crippen molar-refractivity contribution in [2.45, 2.75) is 38.8 Å². The predicted octanol–water partition coefficient (Wildman–Crippen LogP) is 2.87. The first-order valence-corrected chi connectivity index (χ1v) is 8.58. The molecule has 0 unspecified atom stereocenters. The number of hydrogen-bond donors (Lipinski definition) is 3. The van der Waals surface area contributed by atoms with Crippen LogP contribution in [0.25, 0.3) is 0 Å². The molecule has 0 aliphatic carbocycles. The fraction of sp³-hybridized carbons (Fsp3) is 0.300. The van der Waals surface area contributed by atoms with Crippen molar-refractivity contribution < 1.29 is 19.1 Å². The van der Waals surface area contributed by atoms with E-state index in [2.05, 4.69) is 10.6 Å². The number of fused-ring (bicyclic) bond motifs is 1. The van der Waals surface area contributed by atoms with Crippen LogP contribution in [0.2, 0.25) is 0 Å². The molecule has 6 heteroatoms. The molecule has 3 rings (SSSR count). The van der Waals surface area contributed by atoms with Gasteiger partial charge in [-0.2, -0.15) is 0 Å². The quantitative estimate of drug-likeness (QED) is 0.771. The molecule has 0 spiro atoms. The van der Waals surface area contributed by atoms with E-state index in [0.29, 0.717) is 34.4 Å². The van der Waals surface area contributed by atoms with E-state index >= 15 is 0 Å². The van der Waals surface area contributed by atoms with E-state index in [-0.39, 0.29) is 18.2 Å². The van der Waals surface area contributed by atoms with Gasteiger partial charge < -0.3 is 15.7 Å². The molecule has 3 N–H and O–H groups in total. The Labute approximate surface area is 151 Å². The van der Waals surface area contributed by atoms with Gasteiger partial charge in [0.15, 0.2) is 0 Å². The molecule has 5 nitrogen and oxygen atoms in total. The Hall–Kier alpha value is -2.73. The minimum absolute atomic E-state index is 0.150. The SMILES string of the molecule is CC[C@@H](NC(=O)c1cccc2c1CC(=O)N2)[C@@H](O)c1cccc(F)c1C. The highest BCUT2D eigenvalue weighted by atomic mass is 19.1. The summed E-state index contributed by atoms with van der Waals surface area (Å²) < 4.78 is 13.8. The first-order valence-electron chi connectivity index (χ1n) is 8.58. The van der Waals surface area contributed by atoms with Gasteiger partial charge in [0.25, 0.3) is 5.91 Å². The van der Waals surface area contributed by atoms with Gasteiger partial charge in [-0.25, -0.2) is 4.39 Å². The summed E-state index contributed by atoms with van der Waals surface area (Å²) in [7, 11) is 0. The van der Waals surface area contributed by atoms with E-state index in [1.807, 2.05) is 6.92 Å². The van der Waals surface area contributed by atoms with Crippen molar-refractivity contribution in [3.05, 3.63) is 64.5 Å². The van der Waals surface area contributed by atoms with E-state index < -0.39 is 18.0 Å². The van der Waals surface area contributed by atoms with Crippen LogP contribution in [0.3, 0.4) is 0 Å². The van der Waals surface area contributed by atoms with E-state index in [0.717, 1.165) is 0 Å². The first-order chi connectivity index (χ1) is 12.4. The number of aliphatic hydroxyl groups excluding tert-OH is 1.